The van der Waals surface area contributed by atoms with Gasteiger partial charge in [0.2, 0.25) is 0 Å². The fourth-order valence-corrected chi connectivity index (χ4v) is 2.45. The monoisotopic (exact) mass is 299 g/mol. The Morgan fingerprint density at radius 1 is 1.09 bits per heavy atom. The molecule has 1 unspecified atom stereocenters. The Bertz CT molecular complexity index is 561. The average Bonchev–Trinajstić information content (AvgIpc) is 3.04. The Kier molecular flexibility index (Phi) is 6.07. The lowest BCUT2D eigenvalue weighted by atomic mass is 9.88. The number of furan rings is 1. The molecule has 118 valence electrons. The summed E-state index contributed by atoms with van der Waals surface area (Å²) in [5.74, 6) is 2.69. The van der Waals surface area contributed by atoms with Crippen molar-refractivity contribution in [3.63, 3.8) is 0 Å². The van der Waals surface area contributed by atoms with E-state index >= 15 is 0 Å². The van der Waals surface area contributed by atoms with Crippen molar-refractivity contribution < 1.29 is 4.42 Å². The first-order valence-electron chi connectivity index (χ1n) is 7.72. The van der Waals surface area contributed by atoms with Gasteiger partial charge in [0.1, 0.15) is 5.76 Å². The number of benzene rings is 1. The number of hydrogen-bond donors (Lipinski definition) is 2. The van der Waals surface area contributed by atoms with Gasteiger partial charge in [0.25, 0.3) is 0 Å². The normalized spacial score (nSPS) is 13.2. The molecule has 1 atom stereocenters. The predicted octanol–water partition coefficient (Wildman–Crippen LogP) is 3.38. The van der Waals surface area contributed by atoms with Crippen molar-refractivity contribution in [3.8, 4) is 0 Å². The highest BCUT2D eigenvalue weighted by Gasteiger charge is 2.16. The Hall–Kier alpha value is -2.23. The summed E-state index contributed by atoms with van der Waals surface area (Å²) in [5.41, 5.74) is 1.35. The van der Waals surface area contributed by atoms with Crippen molar-refractivity contribution in [2.75, 3.05) is 13.6 Å². The fourth-order valence-electron chi connectivity index (χ4n) is 2.45. The summed E-state index contributed by atoms with van der Waals surface area (Å²) in [6.45, 7) is 5.97. The maximum absolute atomic E-state index is 5.32. The third-order valence-electron chi connectivity index (χ3n) is 3.76. The second-order valence-corrected chi connectivity index (χ2v) is 5.65. The predicted molar refractivity (Wildman–Crippen MR) is 90.9 cm³/mol. The van der Waals surface area contributed by atoms with Crippen LogP contribution in [0.5, 0.6) is 0 Å². The number of aliphatic imine (C=N–C) groups is 1. The molecule has 2 N–H and O–H groups in total. The van der Waals surface area contributed by atoms with Crippen LogP contribution in [0.25, 0.3) is 0 Å². The standard InChI is InChI=1S/C18H25N3O/c1-14(2)17(15-8-5-4-6-9-15)13-21-18(19-3)20-12-16-10-7-11-22-16/h4-11,14,17H,12-13H2,1-3H3,(H2,19,20,21). The quantitative estimate of drug-likeness (QED) is 0.635. The van der Waals surface area contributed by atoms with Crippen LogP contribution in [0, 0.1) is 5.92 Å². The number of hydrogen-bond acceptors (Lipinski definition) is 2. The van der Waals surface area contributed by atoms with Crippen LogP contribution in [0.3, 0.4) is 0 Å². The molecule has 0 saturated carbocycles. The van der Waals surface area contributed by atoms with E-state index in [1.54, 1.807) is 13.3 Å². The van der Waals surface area contributed by atoms with Gasteiger partial charge in [-0.25, -0.2) is 0 Å². The average molecular weight is 299 g/mol. The summed E-state index contributed by atoms with van der Waals surface area (Å²) in [7, 11) is 1.78. The van der Waals surface area contributed by atoms with E-state index in [4.69, 9.17) is 4.42 Å². The van der Waals surface area contributed by atoms with Crippen molar-refractivity contribution in [2.45, 2.75) is 26.3 Å². The van der Waals surface area contributed by atoms with E-state index in [1.807, 2.05) is 12.1 Å². The number of guanidine groups is 1. The van der Waals surface area contributed by atoms with Crippen LogP contribution >= 0.6 is 0 Å². The van der Waals surface area contributed by atoms with Crippen LogP contribution in [-0.2, 0) is 6.54 Å². The summed E-state index contributed by atoms with van der Waals surface area (Å²) >= 11 is 0. The highest BCUT2D eigenvalue weighted by molar-refractivity contribution is 5.79. The van der Waals surface area contributed by atoms with Gasteiger partial charge >= 0.3 is 0 Å². The molecule has 4 heteroatoms. The topological polar surface area (TPSA) is 49.6 Å². The Labute approximate surface area is 132 Å². The van der Waals surface area contributed by atoms with Crippen LogP contribution in [0.15, 0.2) is 58.1 Å². The van der Waals surface area contributed by atoms with E-state index in [0.29, 0.717) is 18.4 Å². The zero-order valence-electron chi connectivity index (χ0n) is 13.5. The van der Waals surface area contributed by atoms with Gasteiger partial charge in [-0.15, -0.1) is 0 Å². The smallest absolute Gasteiger partial charge is 0.191 e. The van der Waals surface area contributed by atoms with Gasteiger partial charge in [-0.3, -0.25) is 4.99 Å². The minimum Gasteiger partial charge on any atom is -0.467 e. The molecule has 0 radical (unpaired) electrons. The van der Waals surface area contributed by atoms with E-state index in [2.05, 4.69) is 59.8 Å². The van der Waals surface area contributed by atoms with Gasteiger partial charge in [0, 0.05) is 19.5 Å². The highest BCUT2D eigenvalue weighted by Crippen LogP contribution is 2.23. The largest absolute Gasteiger partial charge is 0.467 e. The first-order valence-corrected chi connectivity index (χ1v) is 7.72. The van der Waals surface area contributed by atoms with Gasteiger partial charge < -0.3 is 15.1 Å². The molecule has 22 heavy (non-hydrogen) atoms. The molecule has 1 aromatic carbocycles. The van der Waals surface area contributed by atoms with Gasteiger partial charge in [-0.05, 0) is 23.6 Å². The molecule has 1 aromatic heterocycles. The Balaban J connectivity index is 1.90. The molecule has 0 amide bonds. The van der Waals surface area contributed by atoms with Crippen LogP contribution in [-0.4, -0.2) is 19.6 Å². The second kappa shape index (κ2) is 8.27. The molecule has 0 fully saturated rings. The Morgan fingerprint density at radius 2 is 1.86 bits per heavy atom. The molecule has 0 saturated heterocycles. The Morgan fingerprint density at radius 3 is 2.45 bits per heavy atom. The number of nitrogens with zero attached hydrogens (tertiary/aromatic N) is 1. The summed E-state index contributed by atoms with van der Waals surface area (Å²) < 4.78 is 5.32. The molecule has 0 spiro atoms. The minimum absolute atomic E-state index is 0.448. The van der Waals surface area contributed by atoms with Crippen LogP contribution in [0.4, 0.5) is 0 Å². The maximum Gasteiger partial charge on any atom is 0.191 e. The highest BCUT2D eigenvalue weighted by atomic mass is 16.3. The summed E-state index contributed by atoms with van der Waals surface area (Å²) in [4.78, 5) is 4.27. The van der Waals surface area contributed by atoms with Crippen molar-refractivity contribution >= 4 is 5.96 Å². The summed E-state index contributed by atoms with van der Waals surface area (Å²) in [5, 5.41) is 6.67. The van der Waals surface area contributed by atoms with Gasteiger partial charge in [0.05, 0.1) is 12.8 Å². The van der Waals surface area contributed by atoms with Crippen molar-refractivity contribution in [1.29, 1.82) is 0 Å². The molecular formula is C18H25N3O. The third kappa shape index (κ3) is 4.65. The zero-order chi connectivity index (χ0) is 15.8. The van der Waals surface area contributed by atoms with Crippen molar-refractivity contribution in [3.05, 3.63) is 60.1 Å². The van der Waals surface area contributed by atoms with Crippen molar-refractivity contribution in [1.82, 2.24) is 10.6 Å². The van der Waals surface area contributed by atoms with Crippen LogP contribution in [0.1, 0.15) is 31.1 Å². The summed E-state index contributed by atoms with van der Waals surface area (Å²) in [6.07, 6.45) is 1.68. The first-order chi connectivity index (χ1) is 10.7. The fraction of sp³-hybridized carbons (Fsp3) is 0.389. The minimum atomic E-state index is 0.448. The lowest BCUT2D eigenvalue weighted by Crippen LogP contribution is -2.39. The van der Waals surface area contributed by atoms with E-state index in [1.165, 1.54) is 5.56 Å². The zero-order valence-corrected chi connectivity index (χ0v) is 13.5. The molecule has 0 aliphatic carbocycles. The van der Waals surface area contributed by atoms with Gasteiger partial charge in [0.15, 0.2) is 5.96 Å². The number of nitrogens with one attached hydrogen (secondary N) is 2. The molecule has 2 aromatic rings. The molecule has 4 nitrogen and oxygen atoms in total. The maximum atomic E-state index is 5.32. The molecular weight excluding hydrogens is 274 g/mol. The molecule has 0 aliphatic heterocycles. The van der Waals surface area contributed by atoms with Gasteiger partial charge in [-0.1, -0.05) is 44.2 Å². The number of rotatable bonds is 6. The lowest BCUT2D eigenvalue weighted by molar-refractivity contribution is 0.482. The van der Waals surface area contributed by atoms with Gasteiger partial charge in [-0.2, -0.15) is 0 Å². The van der Waals surface area contributed by atoms with Crippen LogP contribution in [0.2, 0.25) is 0 Å². The van der Waals surface area contributed by atoms with E-state index in [0.717, 1.165) is 18.3 Å². The van der Waals surface area contributed by atoms with Crippen molar-refractivity contribution in [2.24, 2.45) is 10.9 Å². The molecule has 0 bridgehead atoms. The molecule has 0 aliphatic rings. The SMILES string of the molecule is CN=C(NCc1ccco1)NCC(c1ccccc1)C(C)C. The second-order valence-electron chi connectivity index (χ2n) is 5.65. The van der Waals surface area contributed by atoms with E-state index < -0.39 is 0 Å². The molecule has 2 rings (SSSR count). The molecule has 1 heterocycles. The first kappa shape index (κ1) is 16.1. The van der Waals surface area contributed by atoms with Crippen LogP contribution < -0.4 is 10.6 Å². The summed E-state index contributed by atoms with van der Waals surface area (Å²) in [6, 6.07) is 14.4. The van der Waals surface area contributed by atoms with E-state index in [9.17, 15) is 0 Å². The lowest BCUT2D eigenvalue weighted by Gasteiger charge is -2.23. The van der Waals surface area contributed by atoms with E-state index in [-0.39, 0.29) is 0 Å². The third-order valence-corrected chi connectivity index (χ3v) is 3.76.